The van der Waals surface area contributed by atoms with Gasteiger partial charge in [-0.3, -0.25) is 4.79 Å². The van der Waals surface area contributed by atoms with E-state index in [1.165, 1.54) is 0 Å². The van der Waals surface area contributed by atoms with Gasteiger partial charge >= 0.3 is 0 Å². The molecule has 0 aromatic heterocycles. The molecular formula is C28H43ClN2O3SSi. The van der Waals surface area contributed by atoms with E-state index in [0.29, 0.717) is 18.0 Å². The van der Waals surface area contributed by atoms with Crippen LogP contribution in [0.2, 0.25) is 18.1 Å². The second kappa shape index (κ2) is 13.3. The molecule has 0 aliphatic heterocycles. The third-order valence-electron chi connectivity index (χ3n) is 7.06. The van der Waals surface area contributed by atoms with Crippen LogP contribution in [0.1, 0.15) is 45.7 Å². The van der Waals surface area contributed by atoms with Gasteiger partial charge in [-0.1, -0.05) is 82.6 Å². The highest BCUT2D eigenvalue weighted by Crippen LogP contribution is 2.37. The monoisotopic (exact) mass is 550 g/mol. The number of nitrogens with zero attached hydrogens (tertiary/aromatic N) is 1. The van der Waals surface area contributed by atoms with Crippen molar-refractivity contribution in [2.24, 2.45) is 5.92 Å². The van der Waals surface area contributed by atoms with Crippen molar-refractivity contribution in [3.05, 3.63) is 65.7 Å². The number of hydrogen-bond acceptors (Lipinski definition) is 3. The summed E-state index contributed by atoms with van der Waals surface area (Å²) < 4.78 is 23.4. The molecule has 2 rings (SSSR count). The van der Waals surface area contributed by atoms with Crippen molar-refractivity contribution in [2.75, 3.05) is 12.5 Å². The van der Waals surface area contributed by atoms with Gasteiger partial charge in [0.15, 0.2) is 8.32 Å². The van der Waals surface area contributed by atoms with Crippen molar-refractivity contribution in [2.45, 2.75) is 83.2 Å². The summed E-state index contributed by atoms with van der Waals surface area (Å²) in [6, 6.07) is 16.9. The van der Waals surface area contributed by atoms with E-state index in [0.717, 1.165) is 11.1 Å². The second-order valence-corrected chi connectivity index (χ2v) is 17.6. The normalized spacial score (nSPS) is 14.9. The lowest BCUT2D eigenvalue weighted by atomic mass is 9.96. The van der Waals surface area contributed by atoms with Crippen molar-refractivity contribution in [3.8, 4) is 0 Å². The van der Waals surface area contributed by atoms with Crippen molar-refractivity contribution in [3.63, 3.8) is 0 Å². The van der Waals surface area contributed by atoms with Gasteiger partial charge in [0, 0.05) is 12.6 Å². The predicted octanol–water partition coefficient (Wildman–Crippen LogP) is 6.29. The zero-order valence-corrected chi connectivity index (χ0v) is 25.6. The summed E-state index contributed by atoms with van der Waals surface area (Å²) in [4.78, 5) is 15.8. The average molecular weight is 551 g/mol. The van der Waals surface area contributed by atoms with Crippen molar-refractivity contribution in [1.82, 2.24) is 9.62 Å². The van der Waals surface area contributed by atoms with Gasteiger partial charge in [0.05, 0.1) is 17.5 Å². The SMILES string of the molecule is Cc1ccc([S@](=O)N[C@H](C(C)C)[C@@H](CO[Si](C)(C)C(C)(C)C)N(Cc2ccccc2)C(=O)CCl)cc1. The Hall–Kier alpha value is -1.51. The fourth-order valence-corrected chi connectivity index (χ4v) is 6.03. The molecule has 0 aliphatic rings. The third-order valence-corrected chi connectivity index (χ3v) is 13.0. The number of alkyl halides is 1. The number of carbonyl (C=O) groups is 1. The van der Waals surface area contributed by atoms with E-state index in [4.69, 9.17) is 16.0 Å². The minimum atomic E-state index is -2.12. The lowest BCUT2D eigenvalue weighted by Crippen LogP contribution is -2.58. The molecule has 8 heteroatoms. The minimum Gasteiger partial charge on any atom is -0.415 e. The molecule has 5 nitrogen and oxygen atoms in total. The fraction of sp³-hybridized carbons (Fsp3) is 0.536. The van der Waals surface area contributed by atoms with Crippen LogP contribution in [0.4, 0.5) is 0 Å². The van der Waals surface area contributed by atoms with E-state index in [1.54, 1.807) is 4.90 Å². The summed E-state index contributed by atoms with van der Waals surface area (Å²) in [7, 11) is -3.56. The number of nitrogens with one attached hydrogen (secondary N) is 1. The molecule has 36 heavy (non-hydrogen) atoms. The van der Waals surface area contributed by atoms with Crippen LogP contribution in [0.5, 0.6) is 0 Å². The Morgan fingerprint density at radius 3 is 2.17 bits per heavy atom. The molecule has 1 amide bonds. The first kappa shape index (κ1) is 30.7. The molecule has 2 aromatic rings. The number of rotatable bonds is 12. The highest BCUT2D eigenvalue weighted by molar-refractivity contribution is 7.83. The third kappa shape index (κ3) is 8.52. The first-order valence-corrected chi connectivity index (χ1v) is 17.1. The van der Waals surface area contributed by atoms with Gasteiger partial charge in [-0.2, -0.15) is 0 Å². The summed E-state index contributed by atoms with van der Waals surface area (Å²) >= 11 is 6.12. The zero-order chi connectivity index (χ0) is 27.1. The quantitative estimate of drug-likeness (QED) is 0.249. The molecular weight excluding hydrogens is 508 g/mol. The maximum Gasteiger partial charge on any atom is 0.238 e. The molecule has 3 atom stereocenters. The first-order chi connectivity index (χ1) is 16.8. The molecule has 1 N–H and O–H groups in total. The van der Waals surface area contributed by atoms with E-state index in [9.17, 15) is 9.00 Å². The summed E-state index contributed by atoms with van der Waals surface area (Å²) in [5.74, 6) is -0.221. The largest absolute Gasteiger partial charge is 0.415 e. The van der Waals surface area contributed by atoms with E-state index in [-0.39, 0.29) is 34.8 Å². The van der Waals surface area contributed by atoms with Crippen LogP contribution in [0.25, 0.3) is 0 Å². The minimum absolute atomic E-state index is 0.0176. The first-order valence-electron chi connectivity index (χ1n) is 12.5. The molecule has 2 aromatic carbocycles. The van der Waals surface area contributed by atoms with Crippen LogP contribution in [-0.4, -0.2) is 47.9 Å². The molecule has 0 aliphatic carbocycles. The highest BCUT2D eigenvalue weighted by Gasteiger charge is 2.40. The van der Waals surface area contributed by atoms with Crippen LogP contribution in [0.3, 0.4) is 0 Å². The topological polar surface area (TPSA) is 58.6 Å². The second-order valence-electron chi connectivity index (χ2n) is 11.2. The van der Waals surface area contributed by atoms with E-state index >= 15 is 0 Å². The van der Waals surface area contributed by atoms with Crippen molar-refractivity contribution in [1.29, 1.82) is 0 Å². The lowest BCUT2D eigenvalue weighted by molar-refractivity contribution is -0.133. The molecule has 0 unspecified atom stereocenters. The molecule has 0 saturated heterocycles. The van der Waals surface area contributed by atoms with Crippen molar-refractivity contribution < 1.29 is 13.4 Å². The Morgan fingerprint density at radius 1 is 1.08 bits per heavy atom. The van der Waals surface area contributed by atoms with Gasteiger partial charge in [0.1, 0.15) is 16.9 Å². The predicted molar refractivity (Wildman–Crippen MR) is 154 cm³/mol. The Labute approximate surface area is 226 Å². The highest BCUT2D eigenvalue weighted by atomic mass is 35.5. The molecule has 0 saturated carbocycles. The van der Waals surface area contributed by atoms with Gasteiger partial charge in [-0.15, -0.1) is 11.6 Å². The molecule has 200 valence electrons. The number of amides is 1. The standard InChI is InChI=1S/C28H43ClN2O3SSi/c1-21(2)27(30-35(33)24-16-14-22(3)15-17-24)25(20-34-36(7,8)28(4,5)6)31(26(32)18-29)19-23-12-10-9-11-13-23/h9-17,21,25,27,30H,18-20H2,1-8H3/t25-,27-,35+/m1/s1. The number of hydrogen-bond donors (Lipinski definition) is 1. The number of carbonyl (C=O) groups excluding carboxylic acids is 1. The maximum atomic E-state index is 13.4. The Bertz CT molecular complexity index is 994. The van der Waals surface area contributed by atoms with Gasteiger partial charge in [-0.05, 0) is 48.7 Å². The fourth-order valence-electron chi connectivity index (χ4n) is 3.66. The van der Waals surface area contributed by atoms with Gasteiger partial charge in [0.2, 0.25) is 5.91 Å². The smallest absolute Gasteiger partial charge is 0.238 e. The Balaban J connectivity index is 2.47. The Kier molecular flexibility index (Phi) is 11.4. The van der Waals surface area contributed by atoms with E-state index in [1.807, 2.05) is 61.5 Å². The summed E-state index contributed by atoms with van der Waals surface area (Å²) in [6.45, 7) is 17.9. The summed E-state index contributed by atoms with van der Waals surface area (Å²) in [5.41, 5.74) is 2.12. The number of halogens is 1. The van der Waals surface area contributed by atoms with Crippen LogP contribution in [0, 0.1) is 12.8 Å². The van der Waals surface area contributed by atoms with Crippen LogP contribution in [0.15, 0.2) is 59.5 Å². The molecule has 0 heterocycles. The number of benzene rings is 2. The zero-order valence-electron chi connectivity index (χ0n) is 23.0. The van der Waals surface area contributed by atoms with E-state index < -0.39 is 19.3 Å². The summed E-state index contributed by atoms with van der Waals surface area (Å²) in [5, 5.41) is 0.0176. The van der Waals surface area contributed by atoms with Crippen LogP contribution >= 0.6 is 11.6 Å². The molecule has 0 fully saturated rings. The van der Waals surface area contributed by atoms with E-state index in [2.05, 4.69) is 52.4 Å². The van der Waals surface area contributed by atoms with Gasteiger partial charge < -0.3 is 9.33 Å². The van der Waals surface area contributed by atoms with Crippen molar-refractivity contribution >= 4 is 36.8 Å². The van der Waals surface area contributed by atoms with Crippen LogP contribution < -0.4 is 4.72 Å². The van der Waals surface area contributed by atoms with Gasteiger partial charge in [-0.25, -0.2) is 8.93 Å². The molecule has 0 radical (unpaired) electrons. The maximum absolute atomic E-state index is 13.4. The summed E-state index contributed by atoms with van der Waals surface area (Å²) in [6.07, 6.45) is 0. The average Bonchev–Trinajstić information content (AvgIpc) is 2.82. The molecule has 0 bridgehead atoms. The van der Waals surface area contributed by atoms with Crippen LogP contribution in [-0.2, 0) is 26.8 Å². The Morgan fingerprint density at radius 2 is 1.67 bits per heavy atom. The van der Waals surface area contributed by atoms with Gasteiger partial charge in [0.25, 0.3) is 0 Å². The number of aryl methyl sites for hydroxylation is 1. The molecule has 0 spiro atoms. The lowest BCUT2D eigenvalue weighted by Gasteiger charge is -2.43.